The minimum Gasteiger partial charge on any atom is -0.358 e. The van der Waals surface area contributed by atoms with Gasteiger partial charge in [-0.05, 0) is 56.5 Å². The number of hydrogen-bond acceptors (Lipinski definition) is 1. The van der Waals surface area contributed by atoms with Crippen LogP contribution >= 0.6 is 12.2 Å². The SMILES string of the molecule is CCCC(C)(C)NC(=S)Nc1c(CC)cccc1CC. The summed E-state index contributed by atoms with van der Waals surface area (Å²) in [5, 5.41) is 7.57. The zero-order valence-corrected chi connectivity index (χ0v) is 14.3. The molecule has 0 bridgehead atoms. The van der Waals surface area contributed by atoms with Gasteiger partial charge in [0, 0.05) is 11.2 Å². The molecule has 0 saturated carbocycles. The van der Waals surface area contributed by atoms with Gasteiger partial charge in [-0.1, -0.05) is 45.4 Å². The van der Waals surface area contributed by atoms with E-state index in [0.717, 1.165) is 30.8 Å². The summed E-state index contributed by atoms with van der Waals surface area (Å²) in [4.78, 5) is 0. The van der Waals surface area contributed by atoms with Crippen molar-refractivity contribution in [3.8, 4) is 0 Å². The summed E-state index contributed by atoms with van der Waals surface area (Å²) in [7, 11) is 0. The normalized spacial score (nSPS) is 11.2. The number of benzene rings is 1. The molecule has 1 rings (SSSR count). The first kappa shape index (κ1) is 17.0. The number of thiocarbonyl (C=S) groups is 1. The third kappa shape index (κ3) is 4.78. The topological polar surface area (TPSA) is 24.1 Å². The van der Waals surface area contributed by atoms with Crippen molar-refractivity contribution in [2.75, 3.05) is 5.32 Å². The van der Waals surface area contributed by atoms with Crippen molar-refractivity contribution in [1.29, 1.82) is 0 Å². The molecule has 0 aromatic heterocycles. The minimum absolute atomic E-state index is 0.0341. The van der Waals surface area contributed by atoms with Gasteiger partial charge in [0.1, 0.15) is 0 Å². The van der Waals surface area contributed by atoms with Gasteiger partial charge in [0.25, 0.3) is 0 Å². The van der Waals surface area contributed by atoms with Crippen molar-refractivity contribution < 1.29 is 0 Å². The molecule has 0 aliphatic carbocycles. The number of aryl methyl sites for hydroxylation is 2. The zero-order valence-electron chi connectivity index (χ0n) is 13.5. The van der Waals surface area contributed by atoms with Crippen LogP contribution in [-0.2, 0) is 12.8 Å². The lowest BCUT2D eigenvalue weighted by Gasteiger charge is -2.28. The molecule has 1 aromatic carbocycles. The van der Waals surface area contributed by atoms with E-state index in [2.05, 4.69) is 63.5 Å². The fraction of sp³-hybridized carbons (Fsp3) is 0.588. The highest BCUT2D eigenvalue weighted by Gasteiger charge is 2.18. The molecular weight excluding hydrogens is 264 g/mol. The molecule has 2 N–H and O–H groups in total. The van der Waals surface area contributed by atoms with Crippen LogP contribution in [0.4, 0.5) is 5.69 Å². The van der Waals surface area contributed by atoms with Gasteiger partial charge in [-0.25, -0.2) is 0 Å². The van der Waals surface area contributed by atoms with E-state index >= 15 is 0 Å². The van der Waals surface area contributed by atoms with Crippen LogP contribution in [0.3, 0.4) is 0 Å². The summed E-state index contributed by atoms with van der Waals surface area (Å²) in [5.74, 6) is 0. The van der Waals surface area contributed by atoms with E-state index < -0.39 is 0 Å². The zero-order chi connectivity index (χ0) is 15.2. The van der Waals surface area contributed by atoms with Crippen LogP contribution in [0.2, 0.25) is 0 Å². The van der Waals surface area contributed by atoms with Gasteiger partial charge in [0.05, 0.1) is 0 Å². The Labute approximate surface area is 129 Å². The van der Waals surface area contributed by atoms with E-state index in [4.69, 9.17) is 12.2 Å². The second kappa shape index (κ2) is 7.63. The fourth-order valence-corrected chi connectivity index (χ4v) is 2.92. The molecule has 3 heteroatoms. The van der Waals surface area contributed by atoms with Crippen molar-refractivity contribution >= 4 is 23.0 Å². The van der Waals surface area contributed by atoms with E-state index in [1.807, 2.05) is 0 Å². The molecule has 0 amide bonds. The molecule has 0 heterocycles. The first-order valence-electron chi connectivity index (χ1n) is 7.63. The van der Waals surface area contributed by atoms with E-state index in [-0.39, 0.29) is 5.54 Å². The van der Waals surface area contributed by atoms with Crippen molar-refractivity contribution in [3.05, 3.63) is 29.3 Å². The molecule has 0 unspecified atom stereocenters. The van der Waals surface area contributed by atoms with Crippen molar-refractivity contribution in [1.82, 2.24) is 5.32 Å². The molecule has 0 fully saturated rings. The van der Waals surface area contributed by atoms with Gasteiger partial charge in [0.2, 0.25) is 0 Å². The molecule has 0 atom stereocenters. The van der Waals surface area contributed by atoms with Crippen LogP contribution in [-0.4, -0.2) is 10.7 Å². The van der Waals surface area contributed by atoms with Gasteiger partial charge in [-0.15, -0.1) is 0 Å². The Bertz CT molecular complexity index is 430. The Morgan fingerprint density at radius 3 is 2.10 bits per heavy atom. The summed E-state index contributed by atoms with van der Waals surface area (Å²) >= 11 is 5.49. The van der Waals surface area contributed by atoms with Crippen molar-refractivity contribution in [2.45, 2.75) is 65.8 Å². The van der Waals surface area contributed by atoms with Crippen LogP contribution in [0.15, 0.2) is 18.2 Å². The van der Waals surface area contributed by atoms with E-state index in [0.29, 0.717) is 0 Å². The van der Waals surface area contributed by atoms with Crippen molar-refractivity contribution in [2.24, 2.45) is 0 Å². The van der Waals surface area contributed by atoms with Crippen LogP contribution < -0.4 is 10.6 Å². The molecule has 2 nitrogen and oxygen atoms in total. The average Bonchev–Trinajstić information content (AvgIpc) is 2.37. The summed E-state index contributed by atoms with van der Waals surface area (Å²) in [6, 6.07) is 6.46. The molecular formula is C17H28N2S. The van der Waals surface area contributed by atoms with Crippen LogP contribution in [0.5, 0.6) is 0 Å². The lowest BCUT2D eigenvalue weighted by atomic mass is 9.99. The van der Waals surface area contributed by atoms with Crippen LogP contribution in [0, 0.1) is 0 Å². The fourth-order valence-electron chi connectivity index (χ4n) is 2.54. The smallest absolute Gasteiger partial charge is 0.171 e. The van der Waals surface area contributed by atoms with E-state index in [1.165, 1.54) is 16.8 Å². The largest absolute Gasteiger partial charge is 0.358 e. The third-order valence-electron chi connectivity index (χ3n) is 3.56. The van der Waals surface area contributed by atoms with Gasteiger partial charge in [0.15, 0.2) is 5.11 Å². The highest BCUT2D eigenvalue weighted by molar-refractivity contribution is 7.80. The van der Waals surface area contributed by atoms with Gasteiger partial charge < -0.3 is 10.6 Å². The van der Waals surface area contributed by atoms with Gasteiger partial charge >= 0.3 is 0 Å². The lowest BCUT2D eigenvalue weighted by Crippen LogP contribution is -2.45. The third-order valence-corrected chi connectivity index (χ3v) is 3.77. The molecule has 112 valence electrons. The number of anilines is 1. The monoisotopic (exact) mass is 292 g/mol. The maximum Gasteiger partial charge on any atom is 0.171 e. The molecule has 0 saturated heterocycles. The second-order valence-electron chi connectivity index (χ2n) is 5.87. The Morgan fingerprint density at radius 1 is 1.10 bits per heavy atom. The first-order chi connectivity index (χ1) is 9.43. The van der Waals surface area contributed by atoms with E-state index in [1.54, 1.807) is 0 Å². The minimum atomic E-state index is 0.0341. The van der Waals surface area contributed by atoms with Crippen LogP contribution in [0.1, 0.15) is 58.6 Å². The van der Waals surface area contributed by atoms with Gasteiger partial charge in [-0.3, -0.25) is 0 Å². The Hall–Kier alpha value is -1.09. The van der Waals surface area contributed by atoms with Crippen LogP contribution in [0.25, 0.3) is 0 Å². The van der Waals surface area contributed by atoms with Crippen molar-refractivity contribution in [3.63, 3.8) is 0 Å². The Morgan fingerprint density at radius 2 is 1.65 bits per heavy atom. The predicted molar refractivity (Wildman–Crippen MR) is 93.5 cm³/mol. The molecule has 0 radical (unpaired) electrons. The Balaban J connectivity index is 2.85. The maximum absolute atomic E-state index is 5.49. The summed E-state index contributed by atoms with van der Waals surface area (Å²) in [5.41, 5.74) is 3.86. The highest BCUT2D eigenvalue weighted by Crippen LogP contribution is 2.23. The highest BCUT2D eigenvalue weighted by atomic mass is 32.1. The summed E-state index contributed by atoms with van der Waals surface area (Å²) < 4.78 is 0. The standard InChI is InChI=1S/C17H28N2S/c1-6-12-17(4,5)19-16(20)18-15-13(7-2)10-9-11-14(15)8-3/h9-11H,6-8,12H2,1-5H3,(H2,18,19,20). The molecule has 1 aromatic rings. The lowest BCUT2D eigenvalue weighted by molar-refractivity contribution is 0.422. The Kier molecular flexibility index (Phi) is 6.47. The van der Waals surface area contributed by atoms with E-state index in [9.17, 15) is 0 Å². The average molecular weight is 292 g/mol. The molecule has 0 spiro atoms. The number of rotatable bonds is 6. The number of para-hydroxylation sites is 1. The molecule has 0 aliphatic rings. The molecule has 0 aliphatic heterocycles. The molecule has 20 heavy (non-hydrogen) atoms. The van der Waals surface area contributed by atoms with Gasteiger partial charge in [-0.2, -0.15) is 0 Å². The quantitative estimate of drug-likeness (QED) is 0.745. The first-order valence-corrected chi connectivity index (χ1v) is 8.04. The maximum atomic E-state index is 5.49. The summed E-state index contributed by atoms with van der Waals surface area (Å²) in [6.45, 7) is 10.9. The predicted octanol–water partition coefficient (Wildman–Crippen LogP) is 4.68. The number of nitrogens with one attached hydrogen (secondary N) is 2. The second-order valence-corrected chi connectivity index (χ2v) is 6.28. The summed E-state index contributed by atoms with van der Waals surface area (Å²) in [6.07, 6.45) is 4.27. The number of hydrogen-bond donors (Lipinski definition) is 2.